The van der Waals surface area contributed by atoms with Crippen molar-refractivity contribution in [3.05, 3.63) is 114 Å². The van der Waals surface area contributed by atoms with Crippen LogP contribution in [0.25, 0.3) is 54.7 Å². The first-order valence-corrected chi connectivity index (χ1v) is 11.8. The maximum Gasteiger partial charge on any atom is 0.417 e. The number of hydrogen-bond donors (Lipinski definition) is 0. The molecule has 6 rings (SSSR count). The average molecular weight is 478 g/mol. The Hall–Kier alpha value is -4.18. The van der Waals surface area contributed by atoms with Gasteiger partial charge in [0.1, 0.15) is 0 Å². The molecule has 1 aromatic heterocycles. The van der Waals surface area contributed by atoms with Gasteiger partial charge >= 0.3 is 6.18 Å². The first kappa shape index (κ1) is 22.3. The molecule has 1 nitrogen and oxygen atoms in total. The Labute approximate surface area is 206 Å². The van der Waals surface area contributed by atoms with Crippen LogP contribution < -0.4 is 0 Å². The second-order valence-electron chi connectivity index (χ2n) is 9.27. The lowest BCUT2D eigenvalue weighted by atomic mass is 9.92. The summed E-state index contributed by atoms with van der Waals surface area (Å²) in [6.07, 6.45) is -2.78. The molecule has 0 atom stereocenters. The van der Waals surface area contributed by atoms with Gasteiger partial charge in [-0.3, -0.25) is 4.98 Å². The predicted molar refractivity (Wildman–Crippen MR) is 142 cm³/mol. The molecule has 6 aromatic rings. The van der Waals surface area contributed by atoms with Crippen LogP contribution in [0, 0.1) is 13.8 Å². The van der Waals surface area contributed by atoms with Crippen molar-refractivity contribution in [2.45, 2.75) is 20.0 Å². The number of hydrogen-bond acceptors (Lipinski definition) is 1. The fourth-order valence-corrected chi connectivity index (χ4v) is 5.33. The molecule has 0 saturated carbocycles. The minimum absolute atomic E-state index is 0.193. The quantitative estimate of drug-likeness (QED) is 0.226. The highest BCUT2D eigenvalue weighted by Gasteiger charge is 2.33. The second-order valence-corrected chi connectivity index (χ2v) is 9.27. The average Bonchev–Trinajstić information content (AvgIpc) is 2.86. The Kier molecular flexibility index (Phi) is 5.08. The first-order chi connectivity index (χ1) is 17.3. The molecule has 176 valence electrons. The molecule has 0 spiro atoms. The van der Waals surface area contributed by atoms with Crippen LogP contribution >= 0.6 is 0 Å². The van der Waals surface area contributed by atoms with Crippen molar-refractivity contribution >= 4 is 32.3 Å². The van der Waals surface area contributed by atoms with E-state index >= 15 is 0 Å². The van der Waals surface area contributed by atoms with Gasteiger partial charge in [0.05, 0.1) is 11.3 Å². The monoisotopic (exact) mass is 477 g/mol. The van der Waals surface area contributed by atoms with Gasteiger partial charge in [0.2, 0.25) is 0 Å². The maximum atomic E-state index is 13.9. The van der Waals surface area contributed by atoms with Crippen molar-refractivity contribution in [1.29, 1.82) is 0 Å². The smallest absolute Gasteiger partial charge is 0.256 e. The van der Waals surface area contributed by atoms with Crippen LogP contribution in [0.1, 0.15) is 16.7 Å². The molecule has 0 aliphatic rings. The van der Waals surface area contributed by atoms with E-state index in [0.29, 0.717) is 16.6 Å². The third kappa shape index (κ3) is 3.61. The summed E-state index contributed by atoms with van der Waals surface area (Å²) in [4.78, 5) is 4.53. The van der Waals surface area contributed by atoms with E-state index in [1.807, 2.05) is 18.2 Å². The van der Waals surface area contributed by atoms with E-state index in [4.69, 9.17) is 0 Å². The lowest BCUT2D eigenvalue weighted by Crippen LogP contribution is -2.06. The largest absolute Gasteiger partial charge is 0.417 e. The molecule has 0 saturated heterocycles. The zero-order valence-corrected chi connectivity index (χ0v) is 19.8. The lowest BCUT2D eigenvalue weighted by Gasteiger charge is -2.15. The molecule has 0 unspecified atom stereocenters. The Morgan fingerprint density at radius 3 is 2.06 bits per heavy atom. The lowest BCUT2D eigenvalue weighted by molar-refractivity contribution is -0.136. The minimum atomic E-state index is -4.46. The number of rotatable bonds is 2. The highest BCUT2D eigenvalue weighted by atomic mass is 19.4. The highest BCUT2D eigenvalue weighted by Crippen LogP contribution is 2.40. The van der Waals surface area contributed by atoms with Crippen LogP contribution in [0.3, 0.4) is 0 Å². The summed E-state index contributed by atoms with van der Waals surface area (Å²) in [5.74, 6) is 0. The fraction of sp³-hybridized carbons (Fsp3) is 0.0938. The molecule has 0 amide bonds. The van der Waals surface area contributed by atoms with Gasteiger partial charge in [0.15, 0.2) is 0 Å². The topological polar surface area (TPSA) is 12.9 Å². The highest BCUT2D eigenvalue weighted by molar-refractivity contribution is 6.12. The summed E-state index contributed by atoms with van der Waals surface area (Å²) in [6, 6.07) is 28.3. The number of nitrogens with zero attached hydrogens (tertiary/aromatic N) is 1. The van der Waals surface area contributed by atoms with Crippen LogP contribution in [0.2, 0.25) is 0 Å². The molecule has 5 aromatic carbocycles. The van der Waals surface area contributed by atoms with Crippen molar-refractivity contribution in [3.8, 4) is 22.4 Å². The molecular formula is C32H22F3N. The van der Waals surface area contributed by atoms with Gasteiger partial charge in [0, 0.05) is 17.1 Å². The standard InChI is InChI=1S/C32H22F3N/c1-19-6-5-7-20(2)30(19)23-11-12-25-22(16-23)10-13-28-27(25)14-15-36-31(28)24-17-21-8-3-4-9-26(21)29(18-24)32(33,34)35/h3-18H,1-2H3. The van der Waals surface area contributed by atoms with Crippen LogP contribution in [0.5, 0.6) is 0 Å². The van der Waals surface area contributed by atoms with Crippen LogP contribution in [0.15, 0.2) is 97.2 Å². The van der Waals surface area contributed by atoms with Crippen LogP contribution in [-0.2, 0) is 6.18 Å². The summed E-state index contributed by atoms with van der Waals surface area (Å²) in [7, 11) is 0. The number of aromatic nitrogens is 1. The molecule has 0 bridgehead atoms. The number of fused-ring (bicyclic) bond motifs is 4. The summed E-state index contributed by atoms with van der Waals surface area (Å²) < 4.78 is 41.8. The molecule has 0 aliphatic heterocycles. The maximum absolute atomic E-state index is 13.9. The van der Waals surface area contributed by atoms with Gasteiger partial charge in [-0.2, -0.15) is 13.2 Å². The molecule has 0 aliphatic carbocycles. The van der Waals surface area contributed by atoms with Crippen molar-refractivity contribution in [2.24, 2.45) is 0 Å². The summed E-state index contributed by atoms with van der Waals surface area (Å²) in [6.45, 7) is 4.23. The molecule has 0 fully saturated rings. The predicted octanol–water partition coefficient (Wildman–Crippen LogP) is 9.51. The van der Waals surface area contributed by atoms with Crippen molar-refractivity contribution in [2.75, 3.05) is 0 Å². The molecule has 4 heteroatoms. The van der Waals surface area contributed by atoms with E-state index in [1.54, 1.807) is 30.5 Å². The Balaban J connectivity index is 1.57. The second kappa shape index (κ2) is 8.20. The van der Waals surface area contributed by atoms with E-state index in [2.05, 4.69) is 55.2 Å². The van der Waals surface area contributed by atoms with Gasteiger partial charge < -0.3 is 0 Å². The zero-order chi connectivity index (χ0) is 25.0. The number of aryl methyl sites for hydroxylation is 2. The van der Waals surface area contributed by atoms with Gasteiger partial charge in [-0.25, -0.2) is 0 Å². The van der Waals surface area contributed by atoms with E-state index in [-0.39, 0.29) is 5.39 Å². The number of alkyl halides is 3. The van der Waals surface area contributed by atoms with Gasteiger partial charge in [-0.05, 0) is 87.3 Å². The third-order valence-corrected chi connectivity index (χ3v) is 6.97. The number of halogens is 3. The number of pyridine rings is 1. The Bertz CT molecular complexity index is 1780. The number of benzene rings is 5. The Morgan fingerprint density at radius 1 is 0.583 bits per heavy atom. The van der Waals surface area contributed by atoms with Crippen LogP contribution in [-0.4, -0.2) is 4.98 Å². The first-order valence-electron chi connectivity index (χ1n) is 11.8. The van der Waals surface area contributed by atoms with Gasteiger partial charge in [0.25, 0.3) is 0 Å². The van der Waals surface area contributed by atoms with Crippen molar-refractivity contribution < 1.29 is 13.2 Å². The fourth-order valence-electron chi connectivity index (χ4n) is 5.33. The van der Waals surface area contributed by atoms with E-state index < -0.39 is 11.7 Å². The Morgan fingerprint density at radius 2 is 1.28 bits per heavy atom. The molecule has 1 heterocycles. The van der Waals surface area contributed by atoms with Crippen LogP contribution in [0.4, 0.5) is 13.2 Å². The summed E-state index contributed by atoms with van der Waals surface area (Å²) in [5, 5.41) is 4.65. The normalized spacial score (nSPS) is 12.0. The van der Waals surface area contributed by atoms with E-state index in [9.17, 15) is 13.2 Å². The SMILES string of the molecule is Cc1cccc(C)c1-c1ccc2c(ccc3c(-c4cc(C(F)(F)F)c5ccccc5c4)nccc32)c1. The van der Waals surface area contributed by atoms with Gasteiger partial charge in [-0.1, -0.05) is 66.7 Å². The zero-order valence-electron chi connectivity index (χ0n) is 19.8. The molecule has 0 radical (unpaired) electrons. The van der Waals surface area contributed by atoms with Crippen molar-refractivity contribution in [1.82, 2.24) is 4.98 Å². The molecule has 36 heavy (non-hydrogen) atoms. The molecular weight excluding hydrogens is 455 g/mol. The summed E-state index contributed by atoms with van der Waals surface area (Å²) in [5.41, 5.74) is 5.18. The van der Waals surface area contributed by atoms with E-state index in [1.165, 1.54) is 28.8 Å². The van der Waals surface area contributed by atoms with Crippen molar-refractivity contribution in [3.63, 3.8) is 0 Å². The van der Waals surface area contributed by atoms with E-state index in [0.717, 1.165) is 27.1 Å². The summed E-state index contributed by atoms with van der Waals surface area (Å²) >= 11 is 0. The molecule has 0 N–H and O–H groups in total. The third-order valence-electron chi connectivity index (χ3n) is 6.97. The minimum Gasteiger partial charge on any atom is -0.256 e. The van der Waals surface area contributed by atoms with Gasteiger partial charge in [-0.15, -0.1) is 0 Å².